The van der Waals surface area contributed by atoms with E-state index < -0.39 is 0 Å². The van der Waals surface area contributed by atoms with Crippen molar-refractivity contribution in [2.24, 2.45) is 0 Å². The van der Waals surface area contributed by atoms with Crippen LogP contribution in [0.5, 0.6) is 0 Å². The summed E-state index contributed by atoms with van der Waals surface area (Å²) in [6.45, 7) is 3.23. The first-order valence-electron chi connectivity index (χ1n) is 5.88. The van der Waals surface area contributed by atoms with Crippen molar-refractivity contribution in [3.05, 3.63) is 23.1 Å². The molecule has 2 rings (SSSR count). The van der Waals surface area contributed by atoms with Crippen molar-refractivity contribution in [1.29, 1.82) is 0 Å². The fourth-order valence-corrected chi connectivity index (χ4v) is 2.39. The topological polar surface area (TPSA) is 36.6 Å². The van der Waals surface area contributed by atoms with Crippen molar-refractivity contribution < 1.29 is 9.52 Å². The molecule has 1 aliphatic heterocycles. The summed E-state index contributed by atoms with van der Waals surface area (Å²) >= 11 is 5.74. The van der Waals surface area contributed by atoms with Crippen LogP contribution in [0.15, 0.2) is 16.5 Å². The second-order valence-corrected chi connectivity index (χ2v) is 4.76. The van der Waals surface area contributed by atoms with Crippen LogP contribution in [0.1, 0.15) is 30.9 Å². The molecule has 0 aliphatic carbocycles. The van der Waals surface area contributed by atoms with Crippen LogP contribution in [0.25, 0.3) is 0 Å². The maximum absolute atomic E-state index is 9.39. The molecule has 0 radical (unpaired) electrons. The summed E-state index contributed by atoms with van der Waals surface area (Å²) in [5, 5.41) is 9.79. The summed E-state index contributed by atoms with van der Waals surface area (Å²) in [4.78, 5) is 2.39. The monoisotopic (exact) mass is 243 g/mol. The molecule has 0 saturated carbocycles. The van der Waals surface area contributed by atoms with E-state index >= 15 is 0 Å². The van der Waals surface area contributed by atoms with Gasteiger partial charge in [-0.15, -0.1) is 0 Å². The SMILES string of the molecule is OCC(CN1CCCCC1)c1ccc(Cl)o1. The molecule has 1 unspecified atom stereocenters. The normalized spacial score (nSPS) is 19.9. The third kappa shape index (κ3) is 3.00. The Morgan fingerprint density at radius 3 is 2.62 bits per heavy atom. The number of halogens is 1. The second-order valence-electron chi connectivity index (χ2n) is 4.38. The van der Waals surface area contributed by atoms with Crippen molar-refractivity contribution in [3.63, 3.8) is 0 Å². The van der Waals surface area contributed by atoms with Gasteiger partial charge in [-0.1, -0.05) is 6.42 Å². The first-order valence-corrected chi connectivity index (χ1v) is 6.26. The highest BCUT2D eigenvalue weighted by Crippen LogP contribution is 2.23. The van der Waals surface area contributed by atoms with Gasteiger partial charge in [-0.05, 0) is 49.7 Å². The number of aliphatic hydroxyl groups excluding tert-OH is 1. The summed E-state index contributed by atoms with van der Waals surface area (Å²) in [6.07, 6.45) is 3.85. The Hall–Kier alpha value is -0.510. The highest BCUT2D eigenvalue weighted by molar-refractivity contribution is 6.28. The molecule has 1 aromatic heterocycles. The zero-order valence-electron chi connectivity index (χ0n) is 9.36. The first kappa shape index (κ1) is 12.0. The molecular weight excluding hydrogens is 226 g/mol. The summed E-state index contributed by atoms with van der Waals surface area (Å²) in [5.41, 5.74) is 0. The molecule has 2 heterocycles. The minimum absolute atomic E-state index is 0.0469. The maximum Gasteiger partial charge on any atom is 0.193 e. The highest BCUT2D eigenvalue weighted by atomic mass is 35.5. The Morgan fingerprint density at radius 1 is 1.31 bits per heavy atom. The molecular formula is C12H18ClNO2. The van der Waals surface area contributed by atoms with Crippen LogP contribution in [0.2, 0.25) is 5.22 Å². The van der Waals surface area contributed by atoms with E-state index in [2.05, 4.69) is 4.90 Å². The molecule has 0 aromatic carbocycles. The lowest BCUT2D eigenvalue weighted by atomic mass is 10.0. The molecule has 16 heavy (non-hydrogen) atoms. The first-order chi connectivity index (χ1) is 7.79. The van der Waals surface area contributed by atoms with Gasteiger partial charge in [0.05, 0.1) is 12.5 Å². The van der Waals surface area contributed by atoms with E-state index in [1.165, 1.54) is 19.3 Å². The van der Waals surface area contributed by atoms with Gasteiger partial charge in [-0.25, -0.2) is 0 Å². The number of piperidine rings is 1. The number of furan rings is 1. The molecule has 0 bridgehead atoms. The zero-order valence-corrected chi connectivity index (χ0v) is 10.1. The summed E-state index contributed by atoms with van der Waals surface area (Å²) in [7, 11) is 0. The Bertz CT molecular complexity index is 321. The lowest BCUT2D eigenvalue weighted by Gasteiger charge is -2.29. The fourth-order valence-electron chi connectivity index (χ4n) is 2.24. The van der Waals surface area contributed by atoms with Gasteiger partial charge in [-0.3, -0.25) is 0 Å². The number of rotatable bonds is 4. The van der Waals surface area contributed by atoms with Gasteiger partial charge in [0.2, 0.25) is 0 Å². The van der Waals surface area contributed by atoms with E-state index in [4.69, 9.17) is 16.0 Å². The molecule has 4 heteroatoms. The zero-order chi connectivity index (χ0) is 11.4. The second kappa shape index (κ2) is 5.71. The van der Waals surface area contributed by atoms with Crippen molar-refractivity contribution >= 4 is 11.6 Å². The van der Waals surface area contributed by atoms with Crippen LogP contribution in [0, 0.1) is 0 Å². The van der Waals surface area contributed by atoms with E-state index in [9.17, 15) is 5.11 Å². The largest absolute Gasteiger partial charge is 0.449 e. The predicted molar refractivity (Wildman–Crippen MR) is 63.8 cm³/mol. The molecule has 3 nitrogen and oxygen atoms in total. The maximum atomic E-state index is 9.39. The van der Waals surface area contributed by atoms with Crippen LogP contribution in [-0.2, 0) is 0 Å². The molecule has 1 aromatic rings. The average Bonchev–Trinajstić information content (AvgIpc) is 2.74. The lowest BCUT2D eigenvalue weighted by Crippen LogP contribution is -2.34. The molecule has 1 atom stereocenters. The minimum atomic E-state index is 0.0469. The Morgan fingerprint density at radius 2 is 2.06 bits per heavy atom. The van der Waals surface area contributed by atoms with Crippen LogP contribution < -0.4 is 0 Å². The number of nitrogens with zero attached hydrogens (tertiary/aromatic N) is 1. The quantitative estimate of drug-likeness (QED) is 0.883. The number of hydrogen-bond donors (Lipinski definition) is 1. The van der Waals surface area contributed by atoms with Crippen LogP contribution in [-0.4, -0.2) is 36.2 Å². The van der Waals surface area contributed by atoms with Crippen LogP contribution in [0.4, 0.5) is 0 Å². The van der Waals surface area contributed by atoms with Gasteiger partial charge in [0, 0.05) is 6.54 Å². The number of hydrogen-bond acceptors (Lipinski definition) is 3. The van der Waals surface area contributed by atoms with Gasteiger partial charge in [0.15, 0.2) is 5.22 Å². The highest BCUT2D eigenvalue weighted by Gasteiger charge is 2.19. The Kier molecular flexibility index (Phi) is 4.27. The van der Waals surface area contributed by atoms with Gasteiger partial charge in [0.1, 0.15) is 5.76 Å². The summed E-state index contributed by atoms with van der Waals surface area (Å²) in [6, 6.07) is 3.59. The minimum Gasteiger partial charge on any atom is -0.449 e. The van der Waals surface area contributed by atoms with Crippen LogP contribution >= 0.6 is 11.6 Å². The van der Waals surface area contributed by atoms with Crippen molar-refractivity contribution in [3.8, 4) is 0 Å². The van der Waals surface area contributed by atoms with Gasteiger partial charge >= 0.3 is 0 Å². The van der Waals surface area contributed by atoms with E-state index in [1.54, 1.807) is 6.07 Å². The smallest absolute Gasteiger partial charge is 0.193 e. The molecule has 1 N–H and O–H groups in total. The van der Waals surface area contributed by atoms with Gasteiger partial charge in [-0.2, -0.15) is 0 Å². The van der Waals surface area contributed by atoms with Crippen molar-refractivity contribution in [1.82, 2.24) is 4.90 Å². The number of likely N-dealkylation sites (tertiary alicyclic amines) is 1. The molecule has 0 spiro atoms. The third-order valence-electron chi connectivity index (χ3n) is 3.14. The number of aliphatic hydroxyl groups is 1. The summed E-state index contributed by atoms with van der Waals surface area (Å²) in [5.74, 6) is 0.837. The van der Waals surface area contributed by atoms with E-state index in [0.29, 0.717) is 5.22 Å². The predicted octanol–water partition coefficient (Wildman–Crippen LogP) is 2.49. The molecule has 1 saturated heterocycles. The van der Waals surface area contributed by atoms with Crippen LogP contribution in [0.3, 0.4) is 0 Å². The van der Waals surface area contributed by atoms with Crippen molar-refractivity contribution in [2.45, 2.75) is 25.2 Å². The molecule has 1 aliphatic rings. The van der Waals surface area contributed by atoms with Gasteiger partial charge < -0.3 is 14.4 Å². The molecule has 1 fully saturated rings. The van der Waals surface area contributed by atoms with E-state index in [1.807, 2.05) is 6.07 Å². The lowest BCUT2D eigenvalue weighted by molar-refractivity contribution is 0.168. The Balaban J connectivity index is 1.94. The fraction of sp³-hybridized carbons (Fsp3) is 0.667. The van der Waals surface area contributed by atoms with Gasteiger partial charge in [0.25, 0.3) is 0 Å². The molecule has 90 valence electrons. The van der Waals surface area contributed by atoms with E-state index in [0.717, 1.165) is 25.4 Å². The summed E-state index contributed by atoms with van der Waals surface area (Å²) < 4.78 is 5.36. The van der Waals surface area contributed by atoms with E-state index in [-0.39, 0.29) is 12.5 Å². The average molecular weight is 244 g/mol. The molecule has 0 amide bonds. The Labute approximate surface area is 101 Å². The van der Waals surface area contributed by atoms with Crippen molar-refractivity contribution in [2.75, 3.05) is 26.2 Å². The standard InChI is InChI=1S/C12H18ClNO2/c13-12-5-4-11(16-12)10(9-15)8-14-6-2-1-3-7-14/h4-5,10,15H,1-3,6-9H2. The third-order valence-corrected chi connectivity index (χ3v) is 3.35.